The molecule has 0 N–H and O–H groups in total. The van der Waals surface area contributed by atoms with Crippen LogP contribution in [0.1, 0.15) is 74.9 Å². The van der Waals surface area contributed by atoms with Gasteiger partial charge in [-0.25, -0.2) is 0 Å². The van der Waals surface area contributed by atoms with Crippen molar-refractivity contribution < 1.29 is 0 Å². The highest BCUT2D eigenvalue weighted by molar-refractivity contribution is 6.27. The Morgan fingerprint density at radius 3 is 0.611 bits per heavy atom. The van der Waals surface area contributed by atoms with Gasteiger partial charge in [0.25, 0.3) is 0 Å². The minimum absolute atomic E-state index is 0.0739. The fraction of sp³-hybridized carbons (Fsp3) is 0.0604. The second-order valence-corrected chi connectivity index (χ2v) is 43.1. The molecule has 0 aliphatic heterocycles. The first-order chi connectivity index (χ1) is 73.1. The van der Waals surface area contributed by atoms with E-state index in [1.165, 1.54) is 307 Å². The predicted octanol–water partition coefficient (Wildman–Crippen LogP) is 41.5. The SMILES string of the molecule is CC1(C)c2cc(-c3ccc4ccccc4c3)ccc2-c2cc3c(-c4ccc5ccccc5c4)c4ccccc4c(-c4ccc5ccccc5c4)c3cc21.CC1(C)c2cc(-c3cccc4ccccc34)ccc2-c2cc3c(-c4ccc5ccccc5c4)c4ccccc4c(-c4ccc5ccccc5c4)c3cc21.CC1(C)c2ccccc2-c2cc3c(-c4ccc5ccccc5c4)c4ccccc4c(-c4ccc5ccccc5c4)c3cc21. The van der Waals surface area contributed by atoms with E-state index in [1.807, 2.05) is 0 Å². The van der Waals surface area contributed by atoms with Crippen LogP contribution in [0.4, 0.5) is 0 Å². The summed E-state index contributed by atoms with van der Waals surface area (Å²) in [7, 11) is 0. The highest BCUT2D eigenvalue weighted by atomic mass is 14.4. The molecule has 31 rings (SSSR count). The summed E-state index contributed by atoms with van der Waals surface area (Å²) in [6.45, 7) is 14.4. The van der Waals surface area contributed by atoms with Gasteiger partial charge in [0.1, 0.15) is 0 Å². The third kappa shape index (κ3) is 14.0. The van der Waals surface area contributed by atoms with Gasteiger partial charge in [-0.15, -0.1) is 0 Å². The van der Waals surface area contributed by atoms with Gasteiger partial charge < -0.3 is 0 Å². The van der Waals surface area contributed by atoms with Crippen molar-refractivity contribution in [2.45, 2.75) is 57.8 Å². The maximum atomic E-state index is 2.55. The van der Waals surface area contributed by atoms with Crippen LogP contribution in [-0.2, 0) is 16.2 Å². The highest BCUT2D eigenvalue weighted by Crippen LogP contribution is 2.60. The zero-order chi connectivity index (χ0) is 99.2. The molecule has 0 nitrogen and oxygen atoms in total. The molecule has 0 spiro atoms. The van der Waals surface area contributed by atoms with Gasteiger partial charge in [0.05, 0.1) is 0 Å². The Labute approximate surface area is 867 Å². The fourth-order valence-corrected chi connectivity index (χ4v) is 26.3. The average molecular weight is 1890 g/mol. The van der Waals surface area contributed by atoms with Crippen molar-refractivity contribution in [1.29, 1.82) is 0 Å². The summed E-state index contributed by atoms with van der Waals surface area (Å²) in [5.41, 5.74) is 36.4. The molecule has 0 heteroatoms. The molecule has 698 valence electrons. The van der Waals surface area contributed by atoms with E-state index < -0.39 is 0 Å². The Bertz CT molecular complexity index is 10600. The first-order valence-electron chi connectivity index (χ1n) is 52.5. The quantitative estimate of drug-likeness (QED) is 0.133. The van der Waals surface area contributed by atoms with E-state index in [4.69, 9.17) is 0 Å². The largest absolute Gasteiger partial charge is 0.0619 e. The van der Waals surface area contributed by atoms with Gasteiger partial charge >= 0.3 is 0 Å². The number of benzene rings is 28. The minimum atomic E-state index is -0.186. The molecule has 3 aliphatic carbocycles. The number of fused-ring (bicyclic) bond motifs is 23. The molecular formula is C149H102. The van der Waals surface area contributed by atoms with E-state index in [0.29, 0.717) is 0 Å². The maximum Gasteiger partial charge on any atom is 0.0159 e. The molecule has 0 fully saturated rings. The second kappa shape index (κ2) is 34.0. The van der Waals surface area contributed by atoms with Crippen molar-refractivity contribution in [1.82, 2.24) is 0 Å². The Balaban J connectivity index is 0.000000106. The van der Waals surface area contributed by atoms with Crippen LogP contribution in [0, 0.1) is 0 Å². The van der Waals surface area contributed by atoms with Crippen molar-refractivity contribution in [3.63, 3.8) is 0 Å². The van der Waals surface area contributed by atoms with Crippen molar-refractivity contribution in [3.05, 3.63) is 543 Å². The predicted molar refractivity (Wildman–Crippen MR) is 641 cm³/mol. The van der Waals surface area contributed by atoms with Crippen LogP contribution in [0.5, 0.6) is 0 Å². The topological polar surface area (TPSA) is 0 Å². The standard InChI is InChI=1S/2C53H36.C43H30/c1-53(2)49-30-40(39-22-19-33-11-3-6-14-36(33)27-39)25-26-43(49)46-31-47-48(32-50(46)53)52(42-24-21-35-13-5-8-16-38(35)29-42)45-18-10-9-17-44(45)51(47)41-23-20-34-12-4-7-15-37(34)28-41;1-53(2)49-30-38(42-21-11-17-35-14-7-8-18-41(35)42)26-27-43(49)46-31-47-48(32-50(46)53)52(40-25-23-34-13-4-6-16-37(34)29-40)45-20-10-9-19-44(45)51(47)39-24-22-33-12-3-5-15-36(33)28-39;1-43(2)39-18-10-9-15-33(39)36-25-37-38(26-40(36)43)42(32-22-20-28-12-4-6-14-30(28)24-32)35-17-8-7-16-34(35)41(37)31-21-19-27-11-3-5-13-29(27)23-31/h2*3-32H,1-2H3;3-26H,1-2H3. The van der Waals surface area contributed by atoms with E-state index in [-0.39, 0.29) is 16.2 Å². The lowest BCUT2D eigenvalue weighted by Gasteiger charge is -2.24. The Morgan fingerprint density at radius 1 is 0.101 bits per heavy atom. The van der Waals surface area contributed by atoms with Crippen molar-refractivity contribution >= 4 is 151 Å². The van der Waals surface area contributed by atoms with Gasteiger partial charge in [0.15, 0.2) is 0 Å². The van der Waals surface area contributed by atoms with Crippen LogP contribution in [0.25, 0.3) is 273 Å². The fourth-order valence-electron chi connectivity index (χ4n) is 26.3. The van der Waals surface area contributed by atoms with Crippen molar-refractivity contribution in [2.75, 3.05) is 0 Å². The molecule has 0 unspecified atom stereocenters. The minimum Gasteiger partial charge on any atom is -0.0619 e. The summed E-state index contributed by atoms with van der Waals surface area (Å²) < 4.78 is 0. The smallest absolute Gasteiger partial charge is 0.0159 e. The average Bonchev–Trinajstić information content (AvgIpc) is 1.60. The van der Waals surface area contributed by atoms with Gasteiger partial charge in [0, 0.05) is 16.2 Å². The first kappa shape index (κ1) is 87.4. The molecule has 0 amide bonds. The van der Waals surface area contributed by atoms with E-state index in [2.05, 4.69) is 551 Å². The number of hydrogen-bond acceptors (Lipinski definition) is 0. The van der Waals surface area contributed by atoms with E-state index >= 15 is 0 Å². The molecule has 28 aromatic rings. The molecule has 3 aliphatic rings. The lowest BCUT2D eigenvalue weighted by atomic mass is 9.79. The molecule has 0 saturated heterocycles. The maximum absolute atomic E-state index is 2.55. The molecule has 28 aromatic carbocycles. The molecule has 0 bridgehead atoms. The summed E-state index contributed by atoms with van der Waals surface area (Å²) in [5, 5.41) is 35.8. The van der Waals surface area contributed by atoms with Crippen LogP contribution in [0.15, 0.2) is 510 Å². The monoisotopic (exact) mass is 1890 g/mol. The summed E-state index contributed by atoms with van der Waals surface area (Å²) >= 11 is 0. The lowest BCUT2D eigenvalue weighted by Crippen LogP contribution is -2.15. The summed E-state index contributed by atoms with van der Waals surface area (Å²) in [5.74, 6) is 0. The molecule has 0 radical (unpaired) electrons. The van der Waals surface area contributed by atoms with E-state index in [1.54, 1.807) is 0 Å². The van der Waals surface area contributed by atoms with Gasteiger partial charge in [-0.2, -0.15) is 0 Å². The van der Waals surface area contributed by atoms with Gasteiger partial charge in [-0.3, -0.25) is 0 Å². The molecule has 0 aromatic heterocycles. The van der Waals surface area contributed by atoms with Gasteiger partial charge in [-0.1, -0.05) is 460 Å². The van der Waals surface area contributed by atoms with E-state index in [9.17, 15) is 0 Å². The molecular weight excluding hydrogens is 1790 g/mol. The first-order valence-corrected chi connectivity index (χ1v) is 52.5. The van der Waals surface area contributed by atoms with Crippen molar-refractivity contribution in [2.24, 2.45) is 0 Å². The molecule has 149 heavy (non-hydrogen) atoms. The second-order valence-electron chi connectivity index (χ2n) is 43.1. The molecule has 0 heterocycles. The van der Waals surface area contributed by atoms with Crippen molar-refractivity contribution in [3.8, 4) is 122 Å². The lowest BCUT2D eigenvalue weighted by molar-refractivity contribution is 0.661. The Morgan fingerprint density at radius 2 is 0.295 bits per heavy atom. The number of hydrogen-bond donors (Lipinski definition) is 0. The third-order valence-corrected chi connectivity index (χ3v) is 33.8. The third-order valence-electron chi connectivity index (χ3n) is 33.8. The summed E-state index contributed by atoms with van der Waals surface area (Å²) in [6, 6.07) is 190. The normalized spacial score (nSPS) is 13.3. The molecule has 0 saturated carbocycles. The van der Waals surface area contributed by atoms with Crippen LogP contribution >= 0.6 is 0 Å². The zero-order valence-corrected chi connectivity index (χ0v) is 84.0. The van der Waals surface area contributed by atoms with Crippen LogP contribution in [-0.4, -0.2) is 0 Å². The zero-order valence-electron chi connectivity index (χ0n) is 84.0. The Hall–Kier alpha value is -18.2. The van der Waals surface area contributed by atoms with E-state index in [0.717, 1.165) is 0 Å². The number of rotatable bonds is 8. The summed E-state index contributed by atoms with van der Waals surface area (Å²) in [4.78, 5) is 0. The van der Waals surface area contributed by atoms with Crippen LogP contribution in [0.3, 0.4) is 0 Å². The van der Waals surface area contributed by atoms with Gasteiger partial charge in [-0.05, 0) is 398 Å². The van der Waals surface area contributed by atoms with Gasteiger partial charge in [0.2, 0.25) is 0 Å². The molecule has 0 atom stereocenters. The van der Waals surface area contributed by atoms with Crippen LogP contribution < -0.4 is 0 Å². The van der Waals surface area contributed by atoms with Crippen LogP contribution in [0.2, 0.25) is 0 Å². The highest BCUT2D eigenvalue weighted by Gasteiger charge is 2.41. The Kier molecular flexibility index (Phi) is 19.9. The summed E-state index contributed by atoms with van der Waals surface area (Å²) in [6.07, 6.45) is 0.